The first-order chi connectivity index (χ1) is 6.60. The number of hydrogen-bond donors (Lipinski definition) is 0. The molecule has 0 spiro atoms. The van der Waals surface area contributed by atoms with E-state index < -0.39 is 8.32 Å². The zero-order valence-electron chi connectivity index (χ0n) is 9.77. The molecule has 0 saturated heterocycles. The second kappa shape index (κ2) is 7.04. The highest BCUT2D eigenvalue weighted by Crippen LogP contribution is 2.27. The Bertz CT molecular complexity index is 152. The van der Waals surface area contributed by atoms with Crippen LogP contribution in [-0.4, -0.2) is 14.3 Å². The van der Waals surface area contributed by atoms with Gasteiger partial charge in [0, 0.05) is 0 Å². The Morgan fingerprint density at radius 1 is 1.07 bits per heavy atom. The van der Waals surface area contributed by atoms with Crippen LogP contribution in [0.1, 0.15) is 40.0 Å². The van der Waals surface area contributed by atoms with Crippen molar-refractivity contribution >= 4 is 14.3 Å². The van der Waals surface area contributed by atoms with E-state index in [-0.39, 0.29) is 5.97 Å². The van der Waals surface area contributed by atoms with Crippen molar-refractivity contribution in [2.75, 3.05) is 0 Å². The number of rotatable bonds is 7. The summed E-state index contributed by atoms with van der Waals surface area (Å²) in [4.78, 5) is 11.0. The lowest BCUT2D eigenvalue weighted by Crippen LogP contribution is -2.39. The van der Waals surface area contributed by atoms with Crippen molar-refractivity contribution < 1.29 is 9.22 Å². The second-order valence-electron chi connectivity index (χ2n) is 3.91. The lowest BCUT2D eigenvalue weighted by Gasteiger charge is -2.29. The van der Waals surface area contributed by atoms with Crippen LogP contribution in [0, 0.1) is 6.92 Å². The predicted molar refractivity (Wildman–Crippen MR) is 62.5 cm³/mol. The van der Waals surface area contributed by atoms with Crippen LogP contribution in [0.4, 0.5) is 0 Å². The van der Waals surface area contributed by atoms with Crippen molar-refractivity contribution in [3.05, 3.63) is 6.92 Å². The molecule has 0 aromatic rings. The minimum absolute atomic E-state index is 0.327. The first-order valence-corrected chi connectivity index (χ1v) is 8.18. The van der Waals surface area contributed by atoms with Crippen molar-refractivity contribution in [1.82, 2.24) is 0 Å². The van der Waals surface area contributed by atoms with Gasteiger partial charge in [-0.3, -0.25) is 4.79 Å². The standard InChI is InChI=1S/C11H23O2Si/c1-5-8-14(9-6-2,10-7-3)13-11(4)12/h4-10H2,1-3H3. The Hall–Kier alpha value is -0.313. The Balaban J connectivity index is 4.45. The molecular weight excluding hydrogens is 192 g/mol. The lowest BCUT2D eigenvalue weighted by atomic mass is 10.6. The summed E-state index contributed by atoms with van der Waals surface area (Å²) in [5.74, 6) is -0.327. The van der Waals surface area contributed by atoms with Gasteiger partial charge >= 0.3 is 0 Å². The molecule has 3 heteroatoms. The Morgan fingerprint density at radius 3 is 1.64 bits per heavy atom. The van der Waals surface area contributed by atoms with Gasteiger partial charge in [0.25, 0.3) is 14.3 Å². The molecule has 0 aromatic carbocycles. The van der Waals surface area contributed by atoms with Crippen LogP contribution in [0.25, 0.3) is 0 Å². The monoisotopic (exact) mass is 215 g/mol. The Morgan fingerprint density at radius 2 is 1.43 bits per heavy atom. The normalized spacial score (nSPS) is 11.4. The minimum atomic E-state index is -1.77. The van der Waals surface area contributed by atoms with Gasteiger partial charge < -0.3 is 4.43 Å². The van der Waals surface area contributed by atoms with E-state index in [1.54, 1.807) is 0 Å². The molecule has 0 N–H and O–H groups in total. The fourth-order valence-electron chi connectivity index (χ4n) is 2.14. The molecule has 0 aliphatic heterocycles. The summed E-state index contributed by atoms with van der Waals surface area (Å²) in [5, 5.41) is 0. The number of hydrogen-bond acceptors (Lipinski definition) is 2. The molecule has 83 valence electrons. The lowest BCUT2D eigenvalue weighted by molar-refractivity contribution is -0.130. The molecule has 0 aromatic heterocycles. The van der Waals surface area contributed by atoms with E-state index >= 15 is 0 Å². The predicted octanol–water partition coefficient (Wildman–Crippen LogP) is 3.54. The molecule has 0 saturated carbocycles. The largest absolute Gasteiger partial charge is 0.519 e. The topological polar surface area (TPSA) is 26.3 Å². The molecule has 0 bridgehead atoms. The van der Waals surface area contributed by atoms with Crippen molar-refractivity contribution in [2.45, 2.75) is 58.2 Å². The number of carbonyl (C=O) groups excluding carboxylic acids is 1. The Labute approximate surface area is 89.2 Å². The van der Waals surface area contributed by atoms with Gasteiger partial charge in [-0.15, -0.1) is 0 Å². The zero-order valence-corrected chi connectivity index (χ0v) is 10.8. The summed E-state index contributed by atoms with van der Waals surface area (Å²) >= 11 is 0. The smallest absolute Gasteiger partial charge is 0.293 e. The molecule has 0 amide bonds. The molecule has 0 rings (SSSR count). The van der Waals surface area contributed by atoms with Crippen LogP contribution in [0.15, 0.2) is 0 Å². The minimum Gasteiger partial charge on any atom is -0.519 e. The summed E-state index contributed by atoms with van der Waals surface area (Å²) in [7, 11) is -1.77. The van der Waals surface area contributed by atoms with Crippen LogP contribution in [0.2, 0.25) is 18.1 Å². The van der Waals surface area contributed by atoms with Gasteiger partial charge in [0.05, 0.1) is 6.92 Å². The number of carbonyl (C=O) groups is 1. The average Bonchev–Trinajstić information content (AvgIpc) is 2.03. The molecule has 0 aliphatic rings. The van der Waals surface area contributed by atoms with Crippen LogP contribution in [0.5, 0.6) is 0 Å². The third kappa shape index (κ3) is 4.79. The summed E-state index contributed by atoms with van der Waals surface area (Å²) in [6.07, 6.45) is 3.33. The molecule has 14 heavy (non-hydrogen) atoms. The van der Waals surface area contributed by atoms with Crippen LogP contribution < -0.4 is 0 Å². The molecule has 0 aliphatic carbocycles. The maximum atomic E-state index is 11.0. The summed E-state index contributed by atoms with van der Waals surface area (Å²) in [6.45, 7) is 9.81. The van der Waals surface area contributed by atoms with Crippen molar-refractivity contribution in [1.29, 1.82) is 0 Å². The SMILES string of the molecule is [CH2]C(=O)O[Si](CCC)(CCC)CCC. The van der Waals surface area contributed by atoms with E-state index in [4.69, 9.17) is 4.43 Å². The molecule has 1 radical (unpaired) electrons. The highest BCUT2D eigenvalue weighted by Gasteiger charge is 2.34. The van der Waals surface area contributed by atoms with Gasteiger partial charge in [0.2, 0.25) is 0 Å². The van der Waals surface area contributed by atoms with Crippen LogP contribution >= 0.6 is 0 Å². The third-order valence-corrected chi connectivity index (χ3v) is 7.34. The fraction of sp³-hybridized carbons (Fsp3) is 0.818. The quantitative estimate of drug-likeness (QED) is 0.607. The maximum absolute atomic E-state index is 11.0. The van der Waals surface area contributed by atoms with Gasteiger partial charge in [-0.25, -0.2) is 0 Å². The zero-order chi connectivity index (χ0) is 11.0. The van der Waals surface area contributed by atoms with Gasteiger partial charge in [-0.2, -0.15) is 0 Å². The first kappa shape index (κ1) is 13.7. The van der Waals surface area contributed by atoms with E-state index in [2.05, 4.69) is 27.7 Å². The van der Waals surface area contributed by atoms with E-state index in [1.165, 1.54) is 0 Å². The van der Waals surface area contributed by atoms with Gasteiger partial charge in [0.1, 0.15) is 0 Å². The highest BCUT2D eigenvalue weighted by molar-refractivity contribution is 6.75. The van der Waals surface area contributed by atoms with Crippen LogP contribution in [0.3, 0.4) is 0 Å². The fourth-order valence-corrected chi connectivity index (χ4v) is 6.41. The second-order valence-corrected chi connectivity index (χ2v) is 7.98. The van der Waals surface area contributed by atoms with E-state index in [0.29, 0.717) is 0 Å². The molecule has 0 unspecified atom stereocenters. The summed E-state index contributed by atoms with van der Waals surface area (Å²) in [5.41, 5.74) is 0. The first-order valence-electron chi connectivity index (χ1n) is 5.65. The Kier molecular flexibility index (Phi) is 6.88. The molecular formula is C11H23O2Si. The third-order valence-electron chi connectivity index (χ3n) is 2.45. The maximum Gasteiger partial charge on any atom is 0.293 e. The van der Waals surface area contributed by atoms with Gasteiger partial charge in [0.15, 0.2) is 0 Å². The van der Waals surface area contributed by atoms with Crippen molar-refractivity contribution in [3.8, 4) is 0 Å². The van der Waals surface area contributed by atoms with Gasteiger partial charge in [-0.1, -0.05) is 40.0 Å². The average molecular weight is 215 g/mol. The molecule has 0 fully saturated rings. The summed E-state index contributed by atoms with van der Waals surface area (Å²) in [6, 6.07) is 3.28. The highest BCUT2D eigenvalue weighted by atomic mass is 28.4. The van der Waals surface area contributed by atoms with E-state index in [1.807, 2.05) is 0 Å². The van der Waals surface area contributed by atoms with Crippen molar-refractivity contribution in [2.24, 2.45) is 0 Å². The van der Waals surface area contributed by atoms with Crippen molar-refractivity contribution in [3.63, 3.8) is 0 Å². The van der Waals surface area contributed by atoms with E-state index in [9.17, 15) is 4.79 Å². The molecule has 0 atom stereocenters. The molecule has 0 heterocycles. The summed E-state index contributed by atoms with van der Waals surface area (Å²) < 4.78 is 5.55. The van der Waals surface area contributed by atoms with Crippen LogP contribution in [-0.2, 0) is 9.22 Å². The van der Waals surface area contributed by atoms with E-state index in [0.717, 1.165) is 37.4 Å². The van der Waals surface area contributed by atoms with Gasteiger partial charge in [-0.05, 0) is 18.1 Å². The molecule has 2 nitrogen and oxygen atoms in total.